The van der Waals surface area contributed by atoms with Crippen LogP contribution < -0.4 is 5.32 Å². The fourth-order valence-corrected chi connectivity index (χ4v) is 3.37. The van der Waals surface area contributed by atoms with Crippen LogP contribution in [0.25, 0.3) is 5.65 Å². The number of anilines is 1. The van der Waals surface area contributed by atoms with E-state index in [2.05, 4.69) is 31.3 Å². The first kappa shape index (κ1) is 14.6. The Labute approximate surface area is 140 Å². The number of fused-ring (bicyclic) bond motifs is 1. The number of nitrogens with zero attached hydrogens (tertiary/aromatic N) is 3. The van der Waals surface area contributed by atoms with Crippen molar-refractivity contribution in [3.63, 3.8) is 0 Å². The summed E-state index contributed by atoms with van der Waals surface area (Å²) in [7, 11) is 0. The van der Waals surface area contributed by atoms with Crippen molar-refractivity contribution in [3.8, 4) is 0 Å². The molecule has 3 aromatic rings. The maximum Gasteiger partial charge on any atom is 0.155 e. The highest BCUT2D eigenvalue weighted by Gasteiger charge is 2.08. The summed E-state index contributed by atoms with van der Waals surface area (Å²) in [5, 5.41) is 8.71. The van der Waals surface area contributed by atoms with Crippen LogP contribution in [0.5, 0.6) is 0 Å². The molecule has 21 heavy (non-hydrogen) atoms. The Morgan fingerprint density at radius 3 is 2.67 bits per heavy atom. The van der Waals surface area contributed by atoms with Gasteiger partial charge in [-0.05, 0) is 19.1 Å². The molecular weight excluding hydrogens is 375 g/mol. The second-order valence-electron chi connectivity index (χ2n) is 4.65. The molecule has 0 amide bonds. The lowest BCUT2D eigenvalue weighted by molar-refractivity contribution is 0.895. The minimum atomic E-state index is 0.558. The molecule has 108 valence electrons. The first-order valence-electron chi connectivity index (χ1n) is 6.22. The second-order valence-corrected chi connectivity index (χ2v) is 6.38. The average Bonchev–Trinajstić information content (AvgIpc) is 2.76. The minimum Gasteiger partial charge on any atom is -0.378 e. The number of rotatable bonds is 3. The summed E-state index contributed by atoms with van der Waals surface area (Å²) in [6, 6.07) is 5.53. The smallest absolute Gasteiger partial charge is 0.155 e. The summed E-state index contributed by atoms with van der Waals surface area (Å²) < 4.78 is 2.61. The van der Waals surface area contributed by atoms with E-state index in [9.17, 15) is 0 Å². The molecule has 0 spiro atoms. The van der Waals surface area contributed by atoms with Crippen molar-refractivity contribution in [1.82, 2.24) is 14.6 Å². The van der Waals surface area contributed by atoms with Crippen LogP contribution in [0.1, 0.15) is 11.3 Å². The zero-order chi connectivity index (χ0) is 15.0. The van der Waals surface area contributed by atoms with Crippen molar-refractivity contribution in [3.05, 3.63) is 56.4 Å². The van der Waals surface area contributed by atoms with Gasteiger partial charge in [0, 0.05) is 35.0 Å². The summed E-state index contributed by atoms with van der Waals surface area (Å²) in [6.07, 6.45) is 3.74. The van der Waals surface area contributed by atoms with Crippen molar-refractivity contribution in [2.24, 2.45) is 0 Å². The number of hydrogen-bond acceptors (Lipinski definition) is 3. The van der Waals surface area contributed by atoms with E-state index in [4.69, 9.17) is 23.2 Å². The van der Waals surface area contributed by atoms with Gasteiger partial charge in [0.25, 0.3) is 0 Å². The van der Waals surface area contributed by atoms with E-state index in [0.717, 1.165) is 21.4 Å². The molecule has 0 aliphatic rings. The molecule has 2 heterocycles. The molecule has 0 radical (unpaired) electrons. The van der Waals surface area contributed by atoms with Gasteiger partial charge in [0.1, 0.15) is 0 Å². The maximum absolute atomic E-state index is 6.19. The summed E-state index contributed by atoms with van der Waals surface area (Å²) in [6.45, 7) is 2.50. The van der Waals surface area contributed by atoms with Crippen LogP contribution >= 0.6 is 39.1 Å². The minimum absolute atomic E-state index is 0.558. The first-order chi connectivity index (χ1) is 10.0. The molecule has 1 aromatic carbocycles. The highest BCUT2D eigenvalue weighted by Crippen LogP contribution is 2.34. The molecule has 0 saturated heterocycles. The molecule has 0 fully saturated rings. The fourth-order valence-electron chi connectivity index (χ4n) is 2.03. The number of aryl methyl sites for hydroxylation is 1. The summed E-state index contributed by atoms with van der Waals surface area (Å²) in [5.74, 6) is 0. The zero-order valence-corrected chi connectivity index (χ0v) is 14.2. The van der Waals surface area contributed by atoms with Crippen LogP contribution in [0.4, 0.5) is 5.69 Å². The summed E-state index contributed by atoms with van der Waals surface area (Å²) >= 11 is 15.7. The van der Waals surface area contributed by atoms with Crippen LogP contribution in [0.3, 0.4) is 0 Å². The molecule has 7 heteroatoms. The molecule has 4 nitrogen and oxygen atoms in total. The lowest BCUT2D eigenvalue weighted by atomic mass is 10.3. The van der Waals surface area contributed by atoms with Crippen LogP contribution in [-0.2, 0) is 6.54 Å². The molecule has 1 N–H and O–H groups in total. The number of hydrogen-bond donors (Lipinski definition) is 1. The third-order valence-corrected chi connectivity index (χ3v) is 4.02. The molecule has 0 atom stereocenters. The van der Waals surface area contributed by atoms with E-state index in [1.807, 2.05) is 25.4 Å². The van der Waals surface area contributed by atoms with E-state index in [1.165, 1.54) is 0 Å². The molecule has 3 rings (SSSR count). The van der Waals surface area contributed by atoms with E-state index in [-0.39, 0.29) is 0 Å². The van der Waals surface area contributed by atoms with Gasteiger partial charge >= 0.3 is 0 Å². The van der Waals surface area contributed by atoms with Crippen LogP contribution in [0.2, 0.25) is 10.0 Å². The van der Waals surface area contributed by atoms with Gasteiger partial charge in [0.2, 0.25) is 0 Å². The van der Waals surface area contributed by atoms with Gasteiger partial charge in [-0.25, -0.2) is 9.50 Å². The Hall–Kier alpha value is -1.30. The lowest BCUT2D eigenvalue weighted by Gasteiger charge is -2.11. The maximum atomic E-state index is 6.19. The Morgan fingerprint density at radius 1 is 1.24 bits per heavy atom. The predicted octanol–water partition coefficient (Wildman–Crippen LogP) is 4.72. The van der Waals surface area contributed by atoms with Crippen molar-refractivity contribution in [1.29, 1.82) is 0 Å². The predicted molar refractivity (Wildman–Crippen MR) is 89.2 cm³/mol. The molecule has 0 aliphatic heterocycles. The fraction of sp³-hybridized carbons (Fsp3) is 0.143. The van der Waals surface area contributed by atoms with Crippen LogP contribution in [0, 0.1) is 6.92 Å². The topological polar surface area (TPSA) is 42.2 Å². The molecule has 2 aromatic heterocycles. The van der Waals surface area contributed by atoms with E-state index >= 15 is 0 Å². The Morgan fingerprint density at radius 2 is 1.95 bits per heavy atom. The van der Waals surface area contributed by atoms with Gasteiger partial charge in [-0.3, -0.25) is 0 Å². The standard InChI is InChI=1S/C14H11BrCl2N4/c1-8-2-13-18-5-9(7-21(13)20-8)6-19-14-11(16)3-10(15)4-12(14)17/h2-5,7,19H,6H2,1H3. The summed E-state index contributed by atoms with van der Waals surface area (Å²) in [5.41, 5.74) is 3.46. The number of aromatic nitrogens is 3. The zero-order valence-electron chi connectivity index (χ0n) is 11.1. The van der Waals surface area contributed by atoms with E-state index in [1.54, 1.807) is 16.6 Å². The Kier molecular flexibility index (Phi) is 4.06. The van der Waals surface area contributed by atoms with E-state index < -0.39 is 0 Å². The normalized spacial score (nSPS) is 11.0. The number of benzene rings is 1. The van der Waals surface area contributed by atoms with Gasteiger partial charge in [-0.1, -0.05) is 39.1 Å². The summed E-state index contributed by atoms with van der Waals surface area (Å²) in [4.78, 5) is 4.36. The Bertz CT molecular complexity index is 793. The monoisotopic (exact) mass is 384 g/mol. The SMILES string of the molecule is Cc1cc2ncc(CNc3c(Cl)cc(Br)cc3Cl)cn2n1. The third kappa shape index (κ3) is 3.15. The van der Waals surface area contributed by atoms with Gasteiger partial charge in [-0.15, -0.1) is 0 Å². The largest absolute Gasteiger partial charge is 0.378 e. The van der Waals surface area contributed by atoms with Gasteiger partial charge in [0.15, 0.2) is 5.65 Å². The first-order valence-corrected chi connectivity index (χ1v) is 7.77. The third-order valence-electron chi connectivity index (χ3n) is 2.97. The highest BCUT2D eigenvalue weighted by molar-refractivity contribution is 9.10. The van der Waals surface area contributed by atoms with Crippen molar-refractivity contribution >= 4 is 50.5 Å². The lowest BCUT2D eigenvalue weighted by Crippen LogP contribution is -2.03. The van der Waals surface area contributed by atoms with Crippen molar-refractivity contribution in [2.75, 3.05) is 5.32 Å². The van der Waals surface area contributed by atoms with Gasteiger partial charge in [-0.2, -0.15) is 5.10 Å². The van der Waals surface area contributed by atoms with Crippen molar-refractivity contribution < 1.29 is 0 Å². The quantitative estimate of drug-likeness (QED) is 0.709. The van der Waals surface area contributed by atoms with Crippen molar-refractivity contribution in [2.45, 2.75) is 13.5 Å². The Balaban J connectivity index is 1.83. The van der Waals surface area contributed by atoms with Gasteiger partial charge in [0.05, 0.1) is 21.4 Å². The van der Waals surface area contributed by atoms with Crippen LogP contribution in [-0.4, -0.2) is 14.6 Å². The number of halogens is 3. The average molecular weight is 386 g/mol. The molecule has 0 saturated carbocycles. The molecule has 0 aliphatic carbocycles. The highest BCUT2D eigenvalue weighted by atomic mass is 79.9. The van der Waals surface area contributed by atoms with Gasteiger partial charge < -0.3 is 5.32 Å². The molecule has 0 bridgehead atoms. The second kappa shape index (κ2) is 5.83. The van der Waals surface area contributed by atoms with Crippen LogP contribution in [0.15, 0.2) is 35.1 Å². The molecular formula is C14H11BrCl2N4. The molecule has 0 unspecified atom stereocenters. The number of nitrogens with one attached hydrogen (secondary N) is 1. The van der Waals surface area contributed by atoms with E-state index in [0.29, 0.717) is 22.3 Å².